The maximum atomic E-state index is 12.3. The number of amides is 2. The molecule has 0 fully saturated rings. The van der Waals surface area contributed by atoms with Crippen LogP contribution >= 0.6 is 0 Å². The van der Waals surface area contributed by atoms with Crippen LogP contribution in [0.15, 0.2) is 41.1 Å². The van der Waals surface area contributed by atoms with Crippen molar-refractivity contribution in [3.05, 3.63) is 42.2 Å². The molecule has 2 amide bonds. The number of urea groups is 1. The molecule has 1 atom stereocenters. The summed E-state index contributed by atoms with van der Waals surface area (Å²) in [5.74, 6) is 0.625. The highest BCUT2D eigenvalue weighted by molar-refractivity contribution is 5.92. The highest BCUT2D eigenvalue weighted by atomic mass is 16.5. The highest BCUT2D eigenvalue weighted by Crippen LogP contribution is 2.25. The molecule has 8 heteroatoms. The van der Waals surface area contributed by atoms with E-state index in [0.29, 0.717) is 28.6 Å². The zero-order valence-electron chi connectivity index (χ0n) is 15.1. The van der Waals surface area contributed by atoms with Crippen molar-refractivity contribution in [1.29, 1.82) is 0 Å². The molecule has 3 aromatic rings. The van der Waals surface area contributed by atoms with Crippen LogP contribution in [0, 0.1) is 0 Å². The third-order valence-corrected chi connectivity index (χ3v) is 3.87. The van der Waals surface area contributed by atoms with Crippen molar-refractivity contribution in [3.63, 3.8) is 0 Å². The molecule has 0 aliphatic rings. The predicted molar refractivity (Wildman–Crippen MR) is 99.7 cm³/mol. The van der Waals surface area contributed by atoms with Crippen LogP contribution in [0.5, 0.6) is 5.75 Å². The number of nitrogens with zero attached hydrogens (tertiary/aromatic N) is 3. The number of hydrogen-bond acceptors (Lipinski definition) is 6. The van der Waals surface area contributed by atoms with Gasteiger partial charge in [-0.2, -0.15) is 4.98 Å². The molecule has 2 N–H and O–H groups in total. The Labute approximate surface area is 151 Å². The van der Waals surface area contributed by atoms with Crippen LogP contribution in [0.1, 0.15) is 18.5 Å². The topological polar surface area (TPSA) is 92.5 Å². The molecule has 8 nitrogen and oxygen atoms in total. The van der Waals surface area contributed by atoms with Crippen molar-refractivity contribution in [1.82, 2.24) is 15.3 Å². The average Bonchev–Trinajstić information content (AvgIpc) is 3.05. The maximum Gasteiger partial charge on any atom is 0.319 e. The second-order valence-corrected chi connectivity index (χ2v) is 6.01. The van der Waals surface area contributed by atoms with Crippen LogP contribution in [-0.2, 0) is 0 Å². The summed E-state index contributed by atoms with van der Waals surface area (Å²) in [5.41, 5.74) is 2.81. The highest BCUT2D eigenvalue weighted by Gasteiger charge is 2.15. The molecule has 0 saturated carbocycles. The molecule has 0 aliphatic heterocycles. The van der Waals surface area contributed by atoms with E-state index in [1.807, 2.05) is 27.1 Å². The van der Waals surface area contributed by atoms with Gasteiger partial charge in [-0.3, -0.25) is 4.98 Å². The van der Waals surface area contributed by atoms with Crippen LogP contribution in [0.25, 0.3) is 11.1 Å². The van der Waals surface area contributed by atoms with Crippen LogP contribution in [0.2, 0.25) is 0 Å². The Morgan fingerprint density at radius 1 is 1.31 bits per heavy atom. The van der Waals surface area contributed by atoms with Crippen molar-refractivity contribution in [2.75, 3.05) is 31.4 Å². The van der Waals surface area contributed by atoms with Gasteiger partial charge in [0.05, 0.1) is 19.3 Å². The van der Waals surface area contributed by atoms with Gasteiger partial charge in [-0.1, -0.05) is 0 Å². The van der Waals surface area contributed by atoms with Crippen molar-refractivity contribution >= 4 is 28.8 Å². The van der Waals surface area contributed by atoms with Gasteiger partial charge in [-0.15, -0.1) is 0 Å². The summed E-state index contributed by atoms with van der Waals surface area (Å²) in [6, 6.07) is 7.07. The molecule has 1 unspecified atom stereocenters. The first-order valence-corrected chi connectivity index (χ1v) is 8.11. The Balaban J connectivity index is 1.70. The van der Waals surface area contributed by atoms with Gasteiger partial charge in [-0.05, 0) is 31.2 Å². The lowest BCUT2D eigenvalue weighted by atomic mass is 10.1. The number of rotatable bonds is 5. The number of hydrogen-bond donors (Lipinski definition) is 2. The van der Waals surface area contributed by atoms with Crippen molar-refractivity contribution < 1.29 is 13.9 Å². The molecular formula is C18H21N5O3. The second-order valence-electron chi connectivity index (χ2n) is 6.01. The fraction of sp³-hybridized carbons (Fsp3) is 0.278. The Bertz CT molecular complexity index is 922. The van der Waals surface area contributed by atoms with Gasteiger partial charge in [0.2, 0.25) is 0 Å². The number of anilines is 2. The summed E-state index contributed by atoms with van der Waals surface area (Å²) in [6.45, 7) is 1.88. The molecule has 0 radical (unpaired) electrons. The summed E-state index contributed by atoms with van der Waals surface area (Å²) >= 11 is 0. The van der Waals surface area contributed by atoms with Crippen molar-refractivity contribution in [2.45, 2.75) is 13.0 Å². The Morgan fingerprint density at radius 2 is 2.12 bits per heavy atom. The van der Waals surface area contributed by atoms with Gasteiger partial charge in [0.25, 0.3) is 6.01 Å². The third-order valence-electron chi connectivity index (χ3n) is 3.87. The molecule has 2 aromatic heterocycles. The average molecular weight is 355 g/mol. The van der Waals surface area contributed by atoms with Gasteiger partial charge < -0.3 is 24.7 Å². The summed E-state index contributed by atoms with van der Waals surface area (Å²) in [6.07, 6.45) is 3.28. The van der Waals surface area contributed by atoms with E-state index in [1.54, 1.807) is 42.6 Å². The number of oxazole rings is 1. The van der Waals surface area contributed by atoms with E-state index >= 15 is 0 Å². The third kappa shape index (κ3) is 3.69. The SMILES string of the molecule is COc1cnccc1C(C)NC(=O)Nc1ccc2oc(N(C)C)nc2c1. The normalized spacial score (nSPS) is 11.8. The summed E-state index contributed by atoms with van der Waals surface area (Å²) in [4.78, 5) is 22.5. The molecule has 26 heavy (non-hydrogen) atoms. The largest absolute Gasteiger partial charge is 0.495 e. The molecule has 1 aromatic carbocycles. The first-order chi connectivity index (χ1) is 12.5. The first kappa shape index (κ1) is 17.5. The van der Waals surface area contributed by atoms with Gasteiger partial charge in [0.15, 0.2) is 5.58 Å². The Morgan fingerprint density at radius 3 is 2.85 bits per heavy atom. The minimum atomic E-state index is -0.327. The monoisotopic (exact) mass is 355 g/mol. The number of carbonyl (C=O) groups excluding carboxylic acids is 1. The molecule has 3 rings (SSSR count). The van der Waals surface area contributed by atoms with E-state index in [0.717, 1.165) is 5.56 Å². The Hall–Kier alpha value is -3.29. The van der Waals surface area contributed by atoms with E-state index in [4.69, 9.17) is 9.15 Å². The summed E-state index contributed by atoms with van der Waals surface area (Å²) in [5, 5.41) is 5.69. The number of carbonyl (C=O) groups is 1. The van der Waals surface area contributed by atoms with E-state index in [-0.39, 0.29) is 12.1 Å². The minimum absolute atomic E-state index is 0.246. The second kappa shape index (κ2) is 7.30. The smallest absolute Gasteiger partial charge is 0.319 e. The summed E-state index contributed by atoms with van der Waals surface area (Å²) in [7, 11) is 5.28. The molecule has 0 spiro atoms. The van der Waals surface area contributed by atoms with E-state index in [1.165, 1.54) is 0 Å². The lowest BCUT2D eigenvalue weighted by Gasteiger charge is -2.17. The number of benzene rings is 1. The van der Waals surface area contributed by atoms with Crippen LogP contribution in [0.4, 0.5) is 16.5 Å². The minimum Gasteiger partial charge on any atom is -0.495 e. The van der Waals surface area contributed by atoms with Crippen LogP contribution < -0.4 is 20.3 Å². The first-order valence-electron chi connectivity index (χ1n) is 8.11. The number of fused-ring (bicyclic) bond motifs is 1. The summed E-state index contributed by atoms with van der Waals surface area (Å²) < 4.78 is 10.9. The quantitative estimate of drug-likeness (QED) is 0.730. The van der Waals surface area contributed by atoms with E-state index in [9.17, 15) is 4.79 Å². The fourth-order valence-corrected chi connectivity index (χ4v) is 2.54. The van der Waals surface area contributed by atoms with E-state index < -0.39 is 0 Å². The number of methoxy groups -OCH3 is 1. The van der Waals surface area contributed by atoms with Crippen LogP contribution in [-0.4, -0.2) is 37.2 Å². The van der Waals surface area contributed by atoms with Crippen molar-refractivity contribution in [2.24, 2.45) is 0 Å². The number of nitrogens with one attached hydrogen (secondary N) is 2. The zero-order chi connectivity index (χ0) is 18.7. The van der Waals surface area contributed by atoms with Crippen molar-refractivity contribution in [3.8, 4) is 5.75 Å². The molecule has 2 heterocycles. The molecule has 0 bridgehead atoms. The van der Waals surface area contributed by atoms with E-state index in [2.05, 4.69) is 20.6 Å². The number of pyridine rings is 1. The maximum absolute atomic E-state index is 12.3. The number of ether oxygens (including phenoxy) is 1. The van der Waals surface area contributed by atoms with Gasteiger partial charge in [-0.25, -0.2) is 4.79 Å². The standard InChI is InChI=1S/C18H21N5O3/c1-11(13-7-8-19-10-16(13)25-4)20-17(24)21-12-5-6-15-14(9-12)22-18(26-15)23(2)3/h5-11H,1-4H3,(H2,20,21,24). The lowest BCUT2D eigenvalue weighted by molar-refractivity contribution is 0.249. The lowest BCUT2D eigenvalue weighted by Crippen LogP contribution is -2.31. The van der Waals surface area contributed by atoms with Gasteiger partial charge in [0, 0.05) is 31.5 Å². The predicted octanol–water partition coefficient (Wildman–Crippen LogP) is 3.18. The Kier molecular flexibility index (Phi) is 4.92. The van der Waals surface area contributed by atoms with Crippen LogP contribution in [0.3, 0.4) is 0 Å². The molecule has 136 valence electrons. The molecule has 0 saturated heterocycles. The van der Waals surface area contributed by atoms with Gasteiger partial charge >= 0.3 is 6.03 Å². The molecular weight excluding hydrogens is 334 g/mol. The van der Waals surface area contributed by atoms with Gasteiger partial charge in [0.1, 0.15) is 11.3 Å². The number of aromatic nitrogens is 2. The molecule has 0 aliphatic carbocycles. The zero-order valence-corrected chi connectivity index (χ0v) is 15.1. The fourth-order valence-electron chi connectivity index (χ4n) is 2.54.